The lowest BCUT2D eigenvalue weighted by Crippen LogP contribution is -2.62. The zero-order valence-electron chi connectivity index (χ0n) is 31.8. The Morgan fingerprint density at radius 2 is 0.696 bits per heavy atom. The van der Waals surface area contributed by atoms with E-state index in [1.807, 2.05) is 0 Å². The second-order valence-electron chi connectivity index (χ2n) is 12.4. The Morgan fingerprint density at radius 1 is 0.429 bits per heavy atom. The molecule has 302 valence electrons. The third kappa shape index (κ3) is 13.7. The molecule has 2 saturated heterocycles. The molecule has 10 atom stereocenters. The molecule has 0 aromatic heterocycles. The van der Waals surface area contributed by atoms with Gasteiger partial charge in [0, 0.05) is 66.5 Å². The van der Waals surface area contributed by atoms with E-state index >= 15 is 0 Å². The van der Waals surface area contributed by atoms with Crippen LogP contribution in [0.4, 0.5) is 0 Å². The van der Waals surface area contributed by atoms with Crippen molar-refractivity contribution in [2.45, 2.75) is 116 Å². The summed E-state index contributed by atoms with van der Waals surface area (Å²) in [5.74, 6) is 5.44. The van der Waals surface area contributed by atoms with E-state index in [4.69, 9.17) is 47.4 Å². The number of hydrogen-bond acceptors (Lipinski definition) is 18. The summed E-state index contributed by atoms with van der Waals surface area (Å²) in [5, 5.41) is 0. The van der Waals surface area contributed by atoms with Gasteiger partial charge in [0.15, 0.2) is 48.8 Å². The summed E-state index contributed by atoms with van der Waals surface area (Å²) in [6, 6.07) is 6.32. The van der Waals surface area contributed by atoms with Crippen LogP contribution in [0.1, 0.15) is 66.5 Å². The van der Waals surface area contributed by atoms with E-state index in [2.05, 4.69) is 23.7 Å². The van der Waals surface area contributed by atoms with E-state index < -0.39 is 122 Å². The molecule has 2 aliphatic rings. The van der Waals surface area contributed by atoms with Crippen molar-refractivity contribution < 1.29 is 85.7 Å². The predicted molar refractivity (Wildman–Crippen MR) is 184 cm³/mol. The van der Waals surface area contributed by atoms with Crippen LogP contribution in [0.25, 0.3) is 0 Å². The van der Waals surface area contributed by atoms with Gasteiger partial charge in [0.1, 0.15) is 25.4 Å². The predicted octanol–water partition coefficient (Wildman–Crippen LogP) is 0.641. The van der Waals surface area contributed by atoms with Crippen LogP contribution in [0.15, 0.2) is 24.3 Å². The van der Waals surface area contributed by atoms with Gasteiger partial charge in [-0.1, -0.05) is 23.7 Å². The lowest BCUT2D eigenvalue weighted by atomic mass is 9.94. The van der Waals surface area contributed by atoms with E-state index in [9.17, 15) is 38.4 Å². The van der Waals surface area contributed by atoms with Gasteiger partial charge in [-0.05, 0) is 24.3 Å². The number of carbonyl (C=O) groups is 8. The molecule has 18 nitrogen and oxygen atoms in total. The minimum atomic E-state index is -1.39. The highest BCUT2D eigenvalue weighted by Gasteiger charge is 2.53. The Balaban J connectivity index is 1.97. The Bertz CT molecular complexity index is 1650. The van der Waals surface area contributed by atoms with Gasteiger partial charge in [0.2, 0.25) is 0 Å². The fraction of sp³-hybridized carbons (Fsp3) is 0.526. The topological polar surface area (TPSA) is 229 Å². The summed E-state index contributed by atoms with van der Waals surface area (Å²) in [7, 11) is 0. The van der Waals surface area contributed by atoms with E-state index in [0.29, 0.717) is 11.1 Å². The molecule has 0 N–H and O–H groups in total. The van der Waals surface area contributed by atoms with Crippen LogP contribution in [0.5, 0.6) is 0 Å². The minimum absolute atomic E-state index is 0.413. The summed E-state index contributed by atoms with van der Waals surface area (Å²) >= 11 is 0. The third-order valence-corrected chi connectivity index (χ3v) is 7.58. The zero-order chi connectivity index (χ0) is 41.7. The van der Waals surface area contributed by atoms with Crippen molar-refractivity contribution in [2.24, 2.45) is 0 Å². The molecular weight excluding hydrogens is 744 g/mol. The molecule has 3 rings (SSSR count). The molecule has 0 aliphatic carbocycles. The van der Waals surface area contributed by atoms with Gasteiger partial charge in [-0.25, -0.2) is 0 Å². The maximum atomic E-state index is 12.1. The van der Waals surface area contributed by atoms with Crippen molar-refractivity contribution >= 4 is 47.8 Å². The number of benzene rings is 1. The first-order valence-electron chi connectivity index (χ1n) is 17.1. The van der Waals surface area contributed by atoms with Crippen molar-refractivity contribution in [3.8, 4) is 23.7 Å². The highest BCUT2D eigenvalue weighted by molar-refractivity contribution is 5.70. The van der Waals surface area contributed by atoms with E-state index in [-0.39, 0.29) is 0 Å². The molecule has 56 heavy (non-hydrogen) atoms. The van der Waals surface area contributed by atoms with Gasteiger partial charge in [-0.3, -0.25) is 38.4 Å². The van der Waals surface area contributed by atoms with Gasteiger partial charge in [-0.2, -0.15) is 0 Å². The van der Waals surface area contributed by atoms with Gasteiger partial charge < -0.3 is 47.4 Å². The monoisotopic (exact) mass is 786 g/mol. The maximum absolute atomic E-state index is 12.1. The normalized spacial score (nSPS) is 26.5. The number of esters is 8. The molecule has 0 bridgehead atoms. The fourth-order valence-electron chi connectivity index (χ4n) is 5.63. The number of carbonyl (C=O) groups excluding carboxylic acids is 8. The first-order chi connectivity index (χ1) is 26.3. The van der Waals surface area contributed by atoms with Gasteiger partial charge in [0.25, 0.3) is 0 Å². The van der Waals surface area contributed by atoms with Gasteiger partial charge >= 0.3 is 47.8 Å². The van der Waals surface area contributed by atoms with Crippen LogP contribution in [-0.4, -0.2) is 122 Å². The first kappa shape index (κ1) is 44.4. The molecule has 1 aromatic rings. The van der Waals surface area contributed by atoms with Crippen molar-refractivity contribution in [1.29, 1.82) is 0 Å². The maximum Gasteiger partial charge on any atom is 0.303 e. The Hall–Kier alpha value is -5.98. The fourth-order valence-corrected chi connectivity index (χ4v) is 5.63. The van der Waals surface area contributed by atoms with E-state index in [1.165, 1.54) is 0 Å². The number of ether oxygens (including phenoxy) is 10. The summed E-state index contributed by atoms with van der Waals surface area (Å²) in [6.45, 7) is 8.14. The van der Waals surface area contributed by atoms with Crippen LogP contribution in [-0.2, 0) is 85.7 Å². The lowest BCUT2D eigenvalue weighted by Gasteiger charge is -2.42. The van der Waals surface area contributed by atoms with Crippen LogP contribution in [0, 0.1) is 23.7 Å². The lowest BCUT2D eigenvalue weighted by molar-refractivity contribution is -0.243. The summed E-state index contributed by atoms with van der Waals surface area (Å²) < 4.78 is 54.7. The van der Waals surface area contributed by atoms with Crippen molar-refractivity contribution in [3.63, 3.8) is 0 Å². The quantitative estimate of drug-likeness (QED) is 0.180. The molecule has 0 radical (unpaired) electrons. The van der Waals surface area contributed by atoms with Crippen LogP contribution in [0.2, 0.25) is 0 Å². The smallest absolute Gasteiger partial charge is 0.303 e. The minimum Gasteiger partial charge on any atom is -0.463 e. The number of rotatable bonds is 10. The van der Waals surface area contributed by atoms with Crippen LogP contribution < -0.4 is 0 Å². The molecular formula is C38H42O18. The van der Waals surface area contributed by atoms with Gasteiger partial charge in [-0.15, -0.1) is 0 Å². The molecule has 0 saturated carbocycles. The molecule has 1 aromatic carbocycles. The zero-order valence-corrected chi connectivity index (χ0v) is 31.8. The standard InChI is InChI=1S/C38H42O18/c1-19(39)47-17-31-35(51-23(5)43)37(53-25(7)45)33(49-21(3)41)29(55-31)15-13-27-9-11-28(12-10-27)14-16-30-34(50-22(4)42)38(54-26(8)46)36(52-24(6)44)32(56-30)18-48-20(2)40/h9-12,29-38H,17-18H2,1-8H3/t29?,30?,31-,32-,33-,34-,35-,36-,37-,38-/m1/s1. The largest absolute Gasteiger partial charge is 0.463 e. The van der Waals surface area contributed by atoms with Crippen molar-refractivity contribution in [2.75, 3.05) is 13.2 Å². The van der Waals surface area contributed by atoms with Crippen LogP contribution >= 0.6 is 0 Å². The highest BCUT2D eigenvalue weighted by atomic mass is 16.7. The van der Waals surface area contributed by atoms with E-state index in [1.54, 1.807) is 24.3 Å². The summed E-state index contributed by atoms with van der Waals surface area (Å²) in [6.07, 6.45) is -13.1. The number of hydrogen-bond donors (Lipinski definition) is 0. The van der Waals surface area contributed by atoms with Crippen molar-refractivity contribution in [1.82, 2.24) is 0 Å². The highest BCUT2D eigenvalue weighted by Crippen LogP contribution is 2.31. The summed E-state index contributed by atoms with van der Waals surface area (Å²) in [5.41, 5.74) is 0.825. The third-order valence-electron chi connectivity index (χ3n) is 7.58. The van der Waals surface area contributed by atoms with Crippen molar-refractivity contribution in [3.05, 3.63) is 35.4 Å². The molecule has 0 amide bonds. The Morgan fingerprint density at radius 3 is 0.964 bits per heavy atom. The molecule has 2 aliphatic heterocycles. The average molecular weight is 787 g/mol. The van der Waals surface area contributed by atoms with Crippen LogP contribution in [0.3, 0.4) is 0 Å². The SMILES string of the molecule is CC(=O)OC[C@H]1OC(C#Cc2ccc(C#CC3O[C@H](COC(C)=O)[C@@H](OC(C)=O)[C@H](OC(C)=O)[C@@H]3OC(C)=O)cc2)[C@@H](OC(C)=O)[C@@H](OC(C)=O)[C@@H]1OC(C)=O. The molecule has 2 unspecified atom stereocenters. The second-order valence-corrected chi connectivity index (χ2v) is 12.4. The van der Waals surface area contributed by atoms with Gasteiger partial charge in [0.05, 0.1) is 0 Å². The second kappa shape index (κ2) is 20.6. The Kier molecular flexibility index (Phi) is 16.4. The first-order valence-corrected chi connectivity index (χ1v) is 17.1. The Labute approximate surface area is 322 Å². The molecule has 18 heteroatoms. The summed E-state index contributed by atoms with van der Waals surface area (Å²) in [4.78, 5) is 95.6. The average Bonchev–Trinajstić information content (AvgIpc) is 3.08. The molecule has 2 fully saturated rings. The molecule has 2 heterocycles. The van der Waals surface area contributed by atoms with E-state index in [0.717, 1.165) is 55.4 Å². The molecule has 0 spiro atoms.